The minimum absolute atomic E-state index is 0.0172. The van der Waals surface area contributed by atoms with Crippen LogP contribution in [0.4, 0.5) is 8.78 Å². The van der Waals surface area contributed by atoms with Gasteiger partial charge in [0.05, 0.1) is 18.3 Å². The summed E-state index contributed by atoms with van der Waals surface area (Å²) in [6.07, 6.45) is 0. The molecule has 3 nitrogen and oxygen atoms in total. The van der Waals surface area contributed by atoms with Crippen LogP contribution in [0.3, 0.4) is 0 Å². The van der Waals surface area contributed by atoms with Crippen LogP contribution in [0.5, 0.6) is 5.75 Å². The first-order valence-corrected chi connectivity index (χ1v) is 6.49. The van der Waals surface area contributed by atoms with E-state index in [2.05, 4.69) is 0 Å². The number of ether oxygens (including phenoxy) is 1. The molecule has 1 heterocycles. The Morgan fingerprint density at radius 1 is 1.05 bits per heavy atom. The Balaban J connectivity index is 2.48. The van der Waals surface area contributed by atoms with Gasteiger partial charge in [0, 0.05) is 11.0 Å². The number of hydrogen-bond donors (Lipinski definition) is 0. The second kappa shape index (κ2) is 4.70. The molecular weight excluding hydrogens is 265 g/mol. The minimum Gasteiger partial charge on any atom is -0.496 e. The average Bonchev–Trinajstić information content (AvgIpc) is 2.56. The number of methoxy groups -OCH3 is 1. The minimum atomic E-state index is -0.957. The summed E-state index contributed by atoms with van der Waals surface area (Å²) in [6.45, 7) is 8.88. The molecule has 6 heteroatoms. The van der Waals surface area contributed by atoms with E-state index in [0.29, 0.717) is 0 Å². The highest BCUT2D eigenvalue weighted by Gasteiger charge is 2.52. The van der Waals surface area contributed by atoms with Crippen LogP contribution in [0, 0.1) is 18.6 Å². The molecule has 0 N–H and O–H groups in total. The van der Waals surface area contributed by atoms with Crippen molar-refractivity contribution in [1.29, 1.82) is 0 Å². The molecule has 1 saturated heterocycles. The molecule has 20 heavy (non-hydrogen) atoms. The Bertz CT molecular complexity index is 528. The largest absolute Gasteiger partial charge is 0.498 e. The second-order valence-corrected chi connectivity index (χ2v) is 6.01. The van der Waals surface area contributed by atoms with Gasteiger partial charge in [-0.25, -0.2) is 8.78 Å². The van der Waals surface area contributed by atoms with E-state index >= 15 is 0 Å². The summed E-state index contributed by atoms with van der Waals surface area (Å²) in [4.78, 5) is 0. The molecule has 110 valence electrons. The number of rotatable bonds is 2. The highest BCUT2D eigenvalue weighted by Crippen LogP contribution is 2.37. The summed E-state index contributed by atoms with van der Waals surface area (Å²) >= 11 is 0. The Kier molecular flexibility index (Phi) is 3.59. The molecule has 1 aromatic carbocycles. The maximum absolute atomic E-state index is 14.1. The Morgan fingerprint density at radius 2 is 1.55 bits per heavy atom. The smallest absolute Gasteiger partial charge is 0.496 e. The molecule has 1 aliphatic heterocycles. The van der Waals surface area contributed by atoms with Crippen molar-refractivity contribution in [2.24, 2.45) is 0 Å². The van der Waals surface area contributed by atoms with Crippen molar-refractivity contribution in [3.8, 4) is 5.75 Å². The maximum atomic E-state index is 14.1. The van der Waals surface area contributed by atoms with Crippen molar-refractivity contribution in [1.82, 2.24) is 0 Å². The van der Waals surface area contributed by atoms with Gasteiger partial charge in [-0.2, -0.15) is 0 Å². The van der Waals surface area contributed by atoms with E-state index in [1.807, 2.05) is 27.7 Å². The molecule has 0 bridgehead atoms. The molecule has 0 amide bonds. The van der Waals surface area contributed by atoms with Crippen LogP contribution >= 0.6 is 0 Å². The topological polar surface area (TPSA) is 27.7 Å². The van der Waals surface area contributed by atoms with E-state index in [0.717, 1.165) is 0 Å². The molecule has 0 spiro atoms. The fraction of sp³-hybridized carbons (Fsp3) is 0.571. The molecule has 1 aliphatic rings. The first-order valence-electron chi connectivity index (χ1n) is 6.49. The van der Waals surface area contributed by atoms with E-state index in [1.165, 1.54) is 20.1 Å². The lowest BCUT2D eigenvalue weighted by molar-refractivity contribution is 0.00578. The summed E-state index contributed by atoms with van der Waals surface area (Å²) in [5.41, 5.74) is -1.08. The normalized spacial score (nSPS) is 20.3. The lowest BCUT2D eigenvalue weighted by Gasteiger charge is -2.32. The predicted molar refractivity (Wildman–Crippen MR) is 73.4 cm³/mol. The molecule has 1 aromatic rings. The van der Waals surface area contributed by atoms with Gasteiger partial charge in [0.2, 0.25) is 0 Å². The molecule has 0 unspecified atom stereocenters. The second-order valence-electron chi connectivity index (χ2n) is 6.01. The van der Waals surface area contributed by atoms with Crippen molar-refractivity contribution in [3.63, 3.8) is 0 Å². The Hall–Kier alpha value is -1.14. The third-order valence-corrected chi connectivity index (χ3v) is 4.16. The molecule has 0 saturated carbocycles. The molecule has 0 aliphatic carbocycles. The van der Waals surface area contributed by atoms with Crippen molar-refractivity contribution in [3.05, 3.63) is 23.3 Å². The monoisotopic (exact) mass is 284 g/mol. The first-order chi connectivity index (χ1) is 9.10. The highest BCUT2D eigenvalue weighted by molar-refractivity contribution is 6.62. The lowest BCUT2D eigenvalue weighted by atomic mass is 9.78. The fourth-order valence-electron chi connectivity index (χ4n) is 2.07. The fourth-order valence-corrected chi connectivity index (χ4v) is 2.07. The molecule has 0 atom stereocenters. The Morgan fingerprint density at radius 3 is 2.00 bits per heavy atom. The van der Waals surface area contributed by atoms with Gasteiger partial charge >= 0.3 is 7.12 Å². The standard InChI is InChI=1S/C14H19BF2O3/c1-8-10(18-6)7-9(12(17)11(8)16)15-19-13(2,3)14(4,5)20-15/h7H,1-6H3. The Labute approximate surface area is 118 Å². The van der Waals surface area contributed by atoms with Crippen LogP contribution < -0.4 is 10.2 Å². The van der Waals surface area contributed by atoms with Gasteiger partial charge in [-0.1, -0.05) is 0 Å². The number of hydrogen-bond acceptors (Lipinski definition) is 3. The van der Waals surface area contributed by atoms with Gasteiger partial charge < -0.3 is 14.0 Å². The van der Waals surface area contributed by atoms with Gasteiger partial charge in [-0.3, -0.25) is 0 Å². The van der Waals surface area contributed by atoms with Crippen molar-refractivity contribution >= 4 is 12.6 Å². The summed E-state index contributed by atoms with van der Waals surface area (Å²) in [5.74, 6) is -1.62. The van der Waals surface area contributed by atoms with E-state index in [4.69, 9.17) is 14.0 Å². The lowest BCUT2D eigenvalue weighted by Crippen LogP contribution is -2.41. The number of halogens is 2. The van der Waals surface area contributed by atoms with Crippen LogP contribution in [0.25, 0.3) is 0 Å². The van der Waals surface area contributed by atoms with Crippen molar-refractivity contribution in [2.45, 2.75) is 45.8 Å². The zero-order valence-electron chi connectivity index (χ0n) is 12.6. The third-order valence-electron chi connectivity index (χ3n) is 4.16. The van der Waals surface area contributed by atoms with Crippen LogP contribution in [0.15, 0.2) is 6.07 Å². The summed E-state index contributed by atoms with van der Waals surface area (Å²) in [5, 5.41) is 0. The molecular formula is C14H19BF2O3. The zero-order valence-corrected chi connectivity index (χ0v) is 12.6. The van der Waals surface area contributed by atoms with E-state index < -0.39 is 30.0 Å². The van der Waals surface area contributed by atoms with Crippen LogP contribution in [0.1, 0.15) is 33.3 Å². The molecule has 0 aromatic heterocycles. The third kappa shape index (κ3) is 2.21. The summed E-state index contributed by atoms with van der Waals surface area (Å²) in [7, 11) is 0.456. The van der Waals surface area contributed by atoms with Crippen molar-refractivity contribution < 1.29 is 22.8 Å². The van der Waals surface area contributed by atoms with E-state index in [1.54, 1.807) is 0 Å². The van der Waals surface area contributed by atoms with Crippen LogP contribution in [0.2, 0.25) is 0 Å². The van der Waals surface area contributed by atoms with Gasteiger partial charge in [-0.05, 0) is 40.7 Å². The first kappa shape index (κ1) is 15.3. The molecule has 2 rings (SSSR count). The van der Waals surface area contributed by atoms with E-state index in [9.17, 15) is 8.78 Å². The van der Waals surface area contributed by atoms with Crippen LogP contribution in [-0.4, -0.2) is 25.4 Å². The van der Waals surface area contributed by atoms with Gasteiger partial charge in [0.1, 0.15) is 5.75 Å². The molecule has 0 radical (unpaired) electrons. The van der Waals surface area contributed by atoms with Crippen molar-refractivity contribution in [2.75, 3.05) is 7.11 Å². The van der Waals surface area contributed by atoms with E-state index in [-0.39, 0.29) is 16.8 Å². The number of benzene rings is 1. The summed E-state index contributed by atoms with van der Waals surface area (Å²) < 4.78 is 44.6. The maximum Gasteiger partial charge on any atom is 0.498 e. The van der Waals surface area contributed by atoms with Gasteiger partial charge in [0.15, 0.2) is 11.6 Å². The zero-order chi connectivity index (χ0) is 15.3. The highest BCUT2D eigenvalue weighted by atomic mass is 19.2. The SMILES string of the molecule is COc1cc(B2OC(C)(C)C(C)(C)O2)c(F)c(F)c1C. The van der Waals surface area contributed by atoms with Gasteiger partial charge in [-0.15, -0.1) is 0 Å². The summed E-state index contributed by atoms with van der Waals surface area (Å²) in [6, 6.07) is 1.43. The molecule has 1 fully saturated rings. The van der Waals surface area contributed by atoms with Gasteiger partial charge in [0.25, 0.3) is 0 Å². The predicted octanol–water partition coefficient (Wildman–Crippen LogP) is 2.58. The average molecular weight is 284 g/mol. The van der Waals surface area contributed by atoms with Crippen LogP contribution in [-0.2, 0) is 9.31 Å². The quantitative estimate of drug-likeness (QED) is 0.781.